The largest absolute Gasteiger partial charge is 0.481 e. The number of rotatable bonds is 6. The Labute approximate surface area is 136 Å². The molecule has 1 unspecified atom stereocenters. The number of para-hydroxylation sites is 1. The summed E-state index contributed by atoms with van der Waals surface area (Å²) in [5.41, 5.74) is 1.51. The summed E-state index contributed by atoms with van der Waals surface area (Å²) in [6, 6.07) is 14.1. The highest BCUT2D eigenvalue weighted by Crippen LogP contribution is 2.26. The van der Waals surface area contributed by atoms with Crippen LogP contribution in [0.5, 0.6) is 5.75 Å². The van der Waals surface area contributed by atoms with Crippen molar-refractivity contribution in [2.75, 3.05) is 0 Å². The number of benzene rings is 2. The summed E-state index contributed by atoms with van der Waals surface area (Å²) >= 11 is 0. The molecule has 0 radical (unpaired) electrons. The van der Waals surface area contributed by atoms with E-state index >= 15 is 0 Å². The number of hydrogen-bond donors (Lipinski definition) is 1. The summed E-state index contributed by atoms with van der Waals surface area (Å²) in [6.07, 6.45) is -0.651. The van der Waals surface area contributed by atoms with Gasteiger partial charge >= 0.3 is 0 Å². The number of carbonyl (C=O) groups is 1. The van der Waals surface area contributed by atoms with Gasteiger partial charge in [0, 0.05) is 12.1 Å². The van der Waals surface area contributed by atoms with Crippen LogP contribution in [0.15, 0.2) is 48.5 Å². The molecule has 0 aliphatic rings. The molecule has 0 aliphatic heterocycles. The van der Waals surface area contributed by atoms with Gasteiger partial charge in [-0.2, -0.15) is 0 Å². The van der Waals surface area contributed by atoms with Crippen LogP contribution in [0.4, 0.5) is 4.39 Å². The van der Waals surface area contributed by atoms with Crippen LogP contribution in [0.3, 0.4) is 0 Å². The van der Waals surface area contributed by atoms with Crippen LogP contribution in [0.1, 0.15) is 37.8 Å². The van der Waals surface area contributed by atoms with Gasteiger partial charge in [0.05, 0.1) is 0 Å². The SMILES string of the molecule is CC(Oc1ccccc1C(C)C)C(=O)NCc1ccccc1F. The van der Waals surface area contributed by atoms with Gasteiger partial charge in [-0.25, -0.2) is 4.39 Å². The summed E-state index contributed by atoms with van der Waals surface area (Å²) in [7, 11) is 0. The summed E-state index contributed by atoms with van der Waals surface area (Å²) in [5, 5.41) is 2.70. The number of nitrogens with one attached hydrogen (secondary N) is 1. The fraction of sp³-hybridized carbons (Fsp3) is 0.316. The molecule has 122 valence electrons. The predicted molar refractivity (Wildman–Crippen MR) is 88.9 cm³/mol. The lowest BCUT2D eigenvalue weighted by molar-refractivity contribution is -0.127. The van der Waals surface area contributed by atoms with Gasteiger partial charge in [0.2, 0.25) is 0 Å². The third-order valence-corrected chi connectivity index (χ3v) is 3.62. The van der Waals surface area contributed by atoms with E-state index in [4.69, 9.17) is 4.74 Å². The van der Waals surface area contributed by atoms with E-state index in [0.717, 1.165) is 5.56 Å². The molecule has 2 aromatic rings. The number of ether oxygens (including phenoxy) is 1. The highest BCUT2D eigenvalue weighted by Gasteiger charge is 2.17. The van der Waals surface area contributed by atoms with Gasteiger partial charge in [-0.05, 0) is 30.5 Å². The Morgan fingerprint density at radius 1 is 1.09 bits per heavy atom. The summed E-state index contributed by atoms with van der Waals surface area (Å²) in [4.78, 5) is 12.2. The van der Waals surface area contributed by atoms with Crippen LogP contribution in [0.2, 0.25) is 0 Å². The molecule has 23 heavy (non-hydrogen) atoms. The lowest BCUT2D eigenvalue weighted by Crippen LogP contribution is -2.36. The van der Waals surface area contributed by atoms with Crippen LogP contribution in [-0.2, 0) is 11.3 Å². The second-order valence-corrected chi connectivity index (χ2v) is 5.76. The molecule has 2 aromatic carbocycles. The Hall–Kier alpha value is -2.36. The Bertz CT molecular complexity index is 670. The molecule has 4 heteroatoms. The minimum absolute atomic E-state index is 0.144. The molecular formula is C19H22FNO2. The fourth-order valence-corrected chi connectivity index (χ4v) is 2.28. The third-order valence-electron chi connectivity index (χ3n) is 3.62. The molecule has 3 nitrogen and oxygen atoms in total. The summed E-state index contributed by atoms with van der Waals surface area (Å²) < 4.78 is 19.3. The lowest BCUT2D eigenvalue weighted by Gasteiger charge is -2.18. The number of carbonyl (C=O) groups excluding carboxylic acids is 1. The molecule has 0 bridgehead atoms. The van der Waals surface area contributed by atoms with Gasteiger partial charge < -0.3 is 10.1 Å². The summed E-state index contributed by atoms with van der Waals surface area (Å²) in [5.74, 6) is 0.411. The van der Waals surface area contributed by atoms with Crippen LogP contribution >= 0.6 is 0 Å². The van der Waals surface area contributed by atoms with Gasteiger partial charge in [-0.15, -0.1) is 0 Å². The normalized spacial score (nSPS) is 12.0. The summed E-state index contributed by atoms with van der Waals surface area (Å²) in [6.45, 7) is 5.98. The van der Waals surface area contributed by atoms with Gasteiger partial charge in [-0.3, -0.25) is 4.79 Å². The van der Waals surface area contributed by atoms with Crippen LogP contribution in [0.25, 0.3) is 0 Å². The molecule has 0 fully saturated rings. The fourth-order valence-electron chi connectivity index (χ4n) is 2.28. The maximum absolute atomic E-state index is 13.5. The molecule has 0 aromatic heterocycles. The molecule has 1 atom stereocenters. The zero-order valence-corrected chi connectivity index (χ0v) is 13.7. The first-order valence-corrected chi connectivity index (χ1v) is 7.75. The third kappa shape index (κ3) is 4.55. The van der Waals surface area contributed by atoms with Crippen LogP contribution in [-0.4, -0.2) is 12.0 Å². The maximum atomic E-state index is 13.5. The van der Waals surface area contributed by atoms with Crippen molar-refractivity contribution in [2.24, 2.45) is 0 Å². The standard InChI is InChI=1S/C19H22FNO2/c1-13(2)16-9-5-7-11-18(16)23-14(3)19(22)21-12-15-8-4-6-10-17(15)20/h4-11,13-14H,12H2,1-3H3,(H,21,22). The first-order valence-electron chi connectivity index (χ1n) is 7.75. The highest BCUT2D eigenvalue weighted by molar-refractivity contribution is 5.80. The maximum Gasteiger partial charge on any atom is 0.261 e. The van der Waals surface area contributed by atoms with Crippen molar-refractivity contribution in [1.29, 1.82) is 0 Å². The molecule has 0 heterocycles. The monoisotopic (exact) mass is 315 g/mol. The molecule has 1 N–H and O–H groups in total. The number of hydrogen-bond acceptors (Lipinski definition) is 2. The minimum atomic E-state index is -0.651. The Morgan fingerprint density at radius 2 is 1.74 bits per heavy atom. The van der Waals surface area contributed by atoms with E-state index in [1.807, 2.05) is 24.3 Å². The topological polar surface area (TPSA) is 38.3 Å². The van der Waals surface area contributed by atoms with Gasteiger partial charge in [-0.1, -0.05) is 50.2 Å². The van der Waals surface area contributed by atoms with E-state index in [1.165, 1.54) is 6.07 Å². The lowest BCUT2D eigenvalue weighted by atomic mass is 10.0. The van der Waals surface area contributed by atoms with Crippen molar-refractivity contribution in [3.05, 3.63) is 65.5 Å². The second kappa shape index (κ2) is 7.77. The average molecular weight is 315 g/mol. The molecule has 0 saturated heterocycles. The van der Waals surface area contributed by atoms with Gasteiger partial charge in [0.15, 0.2) is 6.10 Å². The molecule has 0 aliphatic carbocycles. The van der Waals surface area contributed by atoms with Crippen LogP contribution < -0.4 is 10.1 Å². The van der Waals surface area contributed by atoms with Crippen molar-refractivity contribution in [3.8, 4) is 5.75 Å². The minimum Gasteiger partial charge on any atom is -0.481 e. The van der Waals surface area contributed by atoms with Crippen molar-refractivity contribution in [1.82, 2.24) is 5.32 Å². The van der Waals surface area contributed by atoms with E-state index in [-0.39, 0.29) is 18.3 Å². The molecule has 2 rings (SSSR count). The van der Waals surface area contributed by atoms with Crippen LogP contribution in [0, 0.1) is 5.82 Å². The highest BCUT2D eigenvalue weighted by atomic mass is 19.1. The van der Waals surface area contributed by atoms with Crippen molar-refractivity contribution in [2.45, 2.75) is 39.3 Å². The number of halogens is 1. The quantitative estimate of drug-likeness (QED) is 0.874. The van der Waals surface area contributed by atoms with E-state index in [9.17, 15) is 9.18 Å². The first kappa shape index (κ1) is 17.0. The zero-order valence-electron chi connectivity index (χ0n) is 13.7. The molecule has 1 amide bonds. The van der Waals surface area contributed by atoms with Gasteiger partial charge in [0.1, 0.15) is 11.6 Å². The van der Waals surface area contributed by atoms with Gasteiger partial charge in [0.25, 0.3) is 5.91 Å². The van der Waals surface area contributed by atoms with Crippen molar-refractivity contribution < 1.29 is 13.9 Å². The second-order valence-electron chi connectivity index (χ2n) is 5.76. The van der Waals surface area contributed by atoms with Crippen molar-refractivity contribution in [3.63, 3.8) is 0 Å². The predicted octanol–water partition coefficient (Wildman–Crippen LogP) is 4.03. The smallest absolute Gasteiger partial charge is 0.261 e. The molecule has 0 spiro atoms. The molecular weight excluding hydrogens is 293 g/mol. The Kier molecular flexibility index (Phi) is 5.74. The Morgan fingerprint density at radius 3 is 2.43 bits per heavy atom. The average Bonchev–Trinajstić information content (AvgIpc) is 2.54. The first-order chi connectivity index (χ1) is 11.0. The van der Waals surface area contributed by atoms with E-state index in [2.05, 4.69) is 19.2 Å². The van der Waals surface area contributed by atoms with E-state index in [1.54, 1.807) is 25.1 Å². The zero-order chi connectivity index (χ0) is 16.8. The van der Waals surface area contributed by atoms with E-state index in [0.29, 0.717) is 17.2 Å². The van der Waals surface area contributed by atoms with E-state index < -0.39 is 6.10 Å². The number of amides is 1. The molecule has 0 saturated carbocycles. The van der Waals surface area contributed by atoms with Crippen molar-refractivity contribution >= 4 is 5.91 Å². The Balaban J connectivity index is 1.97.